The summed E-state index contributed by atoms with van der Waals surface area (Å²) in [5.74, 6) is -1.65. The van der Waals surface area contributed by atoms with Crippen molar-refractivity contribution < 1.29 is 69.2 Å². The Morgan fingerprint density at radius 2 is 0.873 bits per heavy atom. The smallest absolute Gasteiger partial charge is 0.354 e. The summed E-state index contributed by atoms with van der Waals surface area (Å²) in [6.07, 6.45) is 10.6. The van der Waals surface area contributed by atoms with E-state index in [1.807, 2.05) is 19.6 Å². The second kappa shape index (κ2) is 31.1. The fraction of sp³-hybridized carbons (Fsp3) is 0.449. The highest BCUT2D eigenvalue weighted by molar-refractivity contribution is 5.88. The highest BCUT2D eigenvalue weighted by Crippen LogP contribution is 2.24. The fourth-order valence-corrected chi connectivity index (χ4v) is 7.99. The van der Waals surface area contributed by atoms with E-state index in [1.54, 1.807) is 7.11 Å². The molecular weight excluding hydrogens is 1040 g/mol. The molecule has 0 unspecified atom stereocenters. The highest BCUT2D eigenvalue weighted by atomic mass is 16.5. The molecule has 4 saturated heterocycles. The van der Waals surface area contributed by atoms with E-state index < -0.39 is 29.8 Å². The zero-order chi connectivity index (χ0) is 57.3. The van der Waals surface area contributed by atoms with Gasteiger partial charge in [0.25, 0.3) is 0 Å². The fourth-order valence-electron chi connectivity index (χ4n) is 7.99. The van der Waals surface area contributed by atoms with Crippen molar-refractivity contribution in [3.05, 3.63) is 102 Å². The first kappa shape index (κ1) is 60.7. The Morgan fingerprint density at radius 1 is 0.532 bits per heavy atom. The summed E-state index contributed by atoms with van der Waals surface area (Å²) in [5, 5.41) is 64.8. The molecule has 5 aromatic rings. The molecule has 30 heteroatoms. The summed E-state index contributed by atoms with van der Waals surface area (Å²) in [6, 6.07) is 7.29. The molecule has 0 saturated carbocycles. The van der Waals surface area contributed by atoms with E-state index in [0.29, 0.717) is 81.3 Å². The number of carboxylic acids is 5. The molecule has 0 amide bonds. The van der Waals surface area contributed by atoms with Gasteiger partial charge >= 0.3 is 29.8 Å². The maximum Gasteiger partial charge on any atom is 0.354 e. The molecule has 0 bridgehead atoms. The number of aromatic carboxylic acids is 5. The minimum atomic E-state index is -1.07. The van der Waals surface area contributed by atoms with Crippen molar-refractivity contribution in [3.8, 4) is 0 Å². The van der Waals surface area contributed by atoms with Gasteiger partial charge in [-0.15, -0.1) is 0 Å². The van der Waals surface area contributed by atoms with Crippen molar-refractivity contribution >= 4 is 64.7 Å². The minimum absolute atomic E-state index is 0.00213. The number of Topliss-reactive ketones (excluding diaryl/α,β-unsaturated/α-hetero) is 1. The van der Waals surface area contributed by atoms with Gasteiger partial charge in [-0.1, -0.05) is 0 Å². The van der Waals surface area contributed by atoms with E-state index in [9.17, 15) is 28.8 Å². The molecule has 9 rings (SSSR count). The van der Waals surface area contributed by atoms with Crippen LogP contribution in [0.4, 0.5) is 29.1 Å². The summed E-state index contributed by atoms with van der Waals surface area (Å²) in [5.41, 5.74) is -0.0565. The number of nitrogens with one attached hydrogen (secondary N) is 1. The van der Waals surface area contributed by atoms with Gasteiger partial charge in [-0.25, -0.2) is 80.4 Å². The second-order valence-corrected chi connectivity index (χ2v) is 17.7. The molecular formula is C49H60N16O14. The Kier molecular flexibility index (Phi) is 23.9. The maximum atomic E-state index is 11.1. The summed E-state index contributed by atoms with van der Waals surface area (Å²) in [7, 11) is 1.59. The zero-order valence-corrected chi connectivity index (χ0v) is 42.9. The Morgan fingerprint density at radius 3 is 1.22 bits per heavy atom. The van der Waals surface area contributed by atoms with Gasteiger partial charge in [0.2, 0.25) is 6.04 Å². The average Bonchev–Trinajstić information content (AvgIpc) is 4.18. The highest BCUT2D eigenvalue weighted by Gasteiger charge is 2.26. The van der Waals surface area contributed by atoms with Gasteiger partial charge in [0.1, 0.15) is 66.5 Å². The SMILES string of the molecule is COCCNc1cc(C(=O)O)ncn1.O=C(O)c1cc(N2CC[C@@H](CO)C2)ncn1.O=C(O)c1cc(N2CC[C@H](CO)C2)ncn1.O=C1CCN(c2cc(C(=O)O)ncn2)CC1.[C-]#[N+]C1CCN(c2cc(C(=O)O)ncn2)CC1. The Hall–Kier alpha value is -9.21. The lowest BCUT2D eigenvalue weighted by molar-refractivity contribution is -0.119. The number of carbonyl (C=O) groups is 6. The van der Waals surface area contributed by atoms with Crippen LogP contribution >= 0.6 is 0 Å². The molecule has 4 aliphatic rings. The third-order valence-electron chi connectivity index (χ3n) is 12.3. The van der Waals surface area contributed by atoms with Crippen LogP contribution < -0.4 is 24.9 Å². The lowest BCUT2D eigenvalue weighted by Gasteiger charge is -2.28. The average molecular weight is 1100 g/mol. The van der Waals surface area contributed by atoms with Gasteiger partial charge in [-0.05, 0) is 12.8 Å². The van der Waals surface area contributed by atoms with E-state index >= 15 is 0 Å². The molecule has 30 nitrogen and oxygen atoms in total. The standard InChI is InChI=1S/C11H12N4O2.C10H11N3O3.2C10H13N3O3.C8H11N3O3/c1-12-8-2-4-15(5-3-8)10-6-9(11(16)17)13-7-14-10;14-7-1-3-13(4-2-7)9-5-8(10(15)16)11-6-12-9;2*14-5-7-1-2-13(4-7)9-3-8(10(15)16)11-6-12-9;1-14-3-2-9-7-4-6(8(12)13)10-5-11-7/h6-8H,2-5H2,(H,16,17);5-6H,1-4H2,(H,15,16);2*3,6-7,14H,1-2,4-5H2,(H,15,16);4-5H,2-3H2,1H3,(H,12,13)(H,9,10,11)/t;;2*7-;/m..10./s1. The van der Waals surface area contributed by atoms with Crippen molar-refractivity contribution in [2.24, 2.45) is 11.8 Å². The zero-order valence-electron chi connectivity index (χ0n) is 42.9. The number of anilines is 5. The summed E-state index contributed by atoms with van der Waals surface area (Å²) in [4.78, 5) is 114. The predicted molar refractivity (Wildman–Crippen MR) is 278 cm³/mol. The van der Waals surface area contributed by atoms with Gasteiger partial charge in [0.15, 0.2) is 28.5 Å². The number of ether oxygens (including phenoxy) is 1. The largest absolute Gasteiger partial charge is 0.477 e. The topological polar surface area (TPSA) is 412 Å². The van der Waals surface area contributed by atoms with E-state index in [0.717, 1.165) is 51.9 Å². The van der Waals surface area contributed by atoms with Gasteiger partial charge in [-0.3, -0.25) is 4.79 Å². The van der Waals surface area contributed by atoms with Crippen LogP contribution in [0.1, 0.15) is 91.0 Å². The number of aliphatic hydroxyl groups is 2. The molecule has 9 heterocycles. The normalized spacial score (nSPS) is 16.7. The Balaban J connectivity index is 0.000000182. The Bertz CT molecular complexity index is 2810. The molecule has 8 N–H and O–H groups in total. The van der Waals surface area contributed by atoms with E-state index in [2.05, 4.69) is 60.0 Å². The number of hydrogen-bond donors (Lipinski definition) is 8. The van der Waals surface area contributed by atoms with Gasteiger partial charge in [0.05, 0.1) is 6.61 Å². The van der Waals surface area contributed by atoms with Crippen LogP contribution in [0.3, 0.4) is 0 Å². The lowest BCUT2D eigenvalue weighted by Crippen LogP contribution is -2.35. The number of carboxylic acid groups (broad SMARTS) is 5. The van der Waals surface area contributed by atoms with Crippen LogP contribution in [0.25, 0.3) is 4.85 Å². The second-order valence-electron chi connectivity index (χ2n) is 17.7. The van der Waals surface area contributed by atoms with Gasteiger partial charge in [-0.2, -0.15) is 0 Å². The van der Waals surface area contributed by atoms with Crippen LogP contribution in [-0.2, 0) is 9.53 Å². The molecule has 420 valence electrons. The first-order valence-electron chi connectivity index (χ1n) is 24.6. The van der Waals surface area contributed by atoms with Crippen molar-refractivity contribution in [1.29, 1.82) is 0 Å². The number of rotatable bonds is 15. The van der Waals surface area contributed by atoms with Crippen LogP contribution in [0.2, 0.25) is 0 Å². The molecule has 79 heavy (non-hydrogen) atoms. The predicted octanol–water partition coefficient (Wildman–Crippen LogP) is 1.63. The third kappa shape index (κ3) is 19.4. The quantitative estimate of drug-likeness (QED) is 0.0545. The number of aromatic nitrogens is 10. The first-order chi connectivity index (χ1) is 38.0. The van der Waals surface area contributed by atoms with Crippen molar-refractivity contribution in [1.82, 2.24) is 49.8 Å². The summed E-state index contributed by atoms with van der Waals surface area (Å²) < 4.78 is 4.82. The molecule has 2 atom stereocenters. The summed E-state index contributed by atoms with van der Waals surface area (Å²) in [6.45, 7) is 14.1. The van der Waals surface area contributed by atoms with E-state index in [1.165, 1.54) is 62.0 Å². The third-order valence-corrected chi connectivity index (χ3v) is 12.3. The molecule has 5 aromatic heterocycles. The number of aliphatic hydroxyl groups excluding tert-OH is 2. The monoisotopic (exact) mass is 1100 g/mol. The molecule has 0 radical (unpaired) electrons. The molecule has 0 aliphatic carbocycles. The maximum absolute atomic E-state index is 11.1. The minimum Gasteiger partial charge on any atom is -0.477 e. The number of methoxy groups -OCH3 is 1. The molecule has 4 aliphatic heterocycles. The van der Waals surface area contributed by atoms with Crippen LogP contribution in [0.5, 0.6) is 0 Å². The van der Waals surface area contributed by atoms with Crippen molar-refractivity contribution in [2.75, 3.05) is 111 Å². The van der Waals surface area contributed by atoms with Crippen molar-refractivity contribution in [2.45, 2.75) is 44.6 Å². The van der Waals surface area contributed by atoms with E-state index in [4.69, 9.17) is 47.1 Å². The van der Waals surface area contributed by atoms with Crippen LogP contribution in [0, 0.1) is 18.4 Å². The molecule has 4 fully saturated rings. The van der Waals surface area contributed by atoms with Gasteiger partial charge < -0.3 is 70.2 Å². The van der Waals surface area contributed by atoms with Crippen molar-refractivity contribution in [3.63, 3.8) is 0 Å². The van der Waals surface area contributed by atoms with Crippen LogP contribution in [0.15, 0.2) is 62.0 Å². The lowest BCUT2D eigenvalue weighted by atomic mass is 10.1. The van der Waals surface area contributed by atoms with E-state index in [-0.39, 0.29) is 65.3 Å². The number of ketones is 1. The van der Waals surface area contributed by atoms with Gasteiger partial charge in [0, 0.05) is 147 Å². The Labute approximate surface area is 451 Å². The number of nitrogens with zero attached hydrogens (tertiary/aromatic N) is 15. The van der Waals surface area contributed by atoms with Crippen LogP contribution in [-0.4, -0.2) is 213 Å². The number of piperidine rings is 2. The number of hydrogen-bond acceptors (Lipinski definition) is 24. The molecule has 0 spiro atoms. The summed E-state index contributed by atoms with van der Waals surface area (Å²) >= 11 is 0. The molecule has 0 aromatic carbocycles. The number of carbonyl (C=O) groups excluding carboxylic acids is 1. The first-order valence-corrected chi connectivity index (χ1v) is 24.6.